The molecule has 0 radical (unpaired) electrons. The molecule has 0 N–H and O–H groups in total. The Hall–Kier alpha value is -9.50. The molecule has 76 heavy (non-hydrogen) atoms. The first kappa shape index (κ1) is 44.0. The number of furan rings is 1. The Labute approximate surface area is 443 Å². The molecule has 0 atom stereocenters. The zero-order chi connectivity index (χ0) is 50.5. The fourth-order valence-corrected chi connectivity index (χ4v) is 13.3. The summed E-state index contributed by atoms with van der Waals surface area (Å²) >= 11 is 0. The van der Waals surface area contributed by atoms with Crippen LogP contribution in [0, 0.1) is 0 Å². The van der Waals surface area contributed by atoms with E-state index in [1.165, 1.54) is 72.3 Å². The van der Waals surface area contributed by atoms with Gasteiger partial charge in [0.15, 0.2) is 0 Å². The Balaban J connectivity index is 0.963. The van der Waals surface area contributed by atoms with Crippen molar-refractivity contribution >= 4 is 49.8 Å². The van der Waals surface area contributed by atoms with Crippen molar-refractivity contribution in [3.8, 4) is 55.6 Å². The highest BCUT2D eigenvalue weighted by Gasteiger charge is 2.46. The van der Waals surface area contributed by atoms with Crippen molar-refractivity contribution < 1.29 is 4.42 Å². The van der Waals surface area contributed by atoms with Crippen molar-refractivity contribution in [2.45, 2.75) is 24.7 Å². The summed E-state index contributed by atoms with van der Waals surface area (Å²) in [4.78, 5) is 2.49. The van der Waals surface area contributed by atoms with E-state index in [9.17, 15) is 0 Å². The van der Waals surface area contributed by atoms with E-state index in [0.717, 1.165) is 66.5 Å². The van der Waals surface area contributed by atoms with Crippen LogP contribution in [-0.4, -0.2) is 0 Å². The van der Waals surface area contributed by atoms with Gasteiger partial charge in [0.2, 0.25) is 0 Å². The van der Waals surface area contributed by atoms with E-state index in [1.54, 1.807) is 0 Å². The topological polar surface area (TPSA) is 16.4 Å². The van der Waals surface area contributed by atoms with Crippen molar-refractivity contribution in [3.63, 3.8) is 0 Å². The Morgan fingerprint density at radius 2 is 0.763 bits per heavy atom. The van der Waals surface area contributed by atoms with Crippen LogP contribution in [0.15, 0.2) is 277 Å². The molecule has 358 valence electrons. The van der Waals surface area contributed by atoms with Crippen LogP contribution in [0.4, 0.5) is 17.1 Å². The van der Waals surface area contributed by atoms with Gasteiger partial charge >= 0.3 is 0 Å². The van der Waals surface area contributed by atoms with Crippen LogP contribution in [0.25, 0.3) is 88.3 Å². The zero-order valence-corrected chi connectivity index (χ0v) is 42.3. The fraction of sp³-hybridized carbons (Fsp3) is 0.0541. The van der Waals surface area contributed by atoms with E-state index < -0.39 is 5.41 Å². The van der Waals surface area contributed by atoms with E-state index in [2.05, 4.69) is 292 Å². The summed E-state index contributed by atoms with van der Waals surface area (Å²) in [5, 5.41) is 4.48. The van der Waals surface area contributed by atoms with Crippen molar-refractivity contribution in [2.24, 2.45) is 0 Å². The highest BCUT2D eigenvalue weighted by Crippen LogP contribution is 2.58. The van der Waals surface area contributed by atoms with Crippen LogP contribution < -0.4 is 4.90 Å². The number of hydrogen-bond donors (Lipinski definition) is 0. The van der Waals surface area contributed by atoms with E-state index in [-0.39, 0.29) is 5.41 Å². The fourth-order valence-electron chi connectivity index (χ4n) is 13.3. The minimum atomic E-state index is -0.550. The summed E-state index contributed by atoms with van der Waals surface area (Å²) in [6, 6.07) is 101. The van der Waals surface area contributed by atoms with Gasteiger partial charge in [-0.05, 0) is 131 Å². The summed E-state index contributed by atoms with van der Waals surface area (Å²) in [5.41, 5.74) is 24.2. The maximum Gasteiger partial charge on any atom is 0.143 e. The molecule has 0 spiro atoms. The molecule has 15 rings (SSSR count). The third kappa shape index (κ3) is 6.47. The average Bonchev–Trinajstić information content (AvgIpc) is 4.23. The van der Waals surface area contributed by atoms with Crippen LogP contribution in [0.3, 0.4) is 0 Å². The second-order valence-electron chi connectivity index (χ2n) is 21.1. The van der Waals surface area contributed by atoms with Crippen LogP contribution in [0.2, 0.25) is 0 Å². The molecular weight excluding hydrogens is 919 g/mol. The first-order valence-corrected chi connectivity index (χ1v) is 26.5. The molecule has 2 nitrogen and oxygen atoms in total. The van der Waals surface area contributed by atoms with Gasteiger partial charge in [-0.25, -0.2) is 0 Å². The predicted octanol–water partition coefficient (Wildman–Crippen LogP) is 19.9. The van der Waals surface area contributed by atoms with Crippen LogP contribution in [0.1, 0.15) is 47.2 Å². The summed E-state index contributed by atoms with van der Waals surface area (Å²) in [7, 11) is 0. The standard InChI is InChI=1S/C74H51NO/c1-73(2)64-31-17-14-26-57(64)59-44-42-55(46-66(59)73)75(56-43-45-60-58-27-15-18-32-65(58)74(67(60)47-56,52-22-8-4-9-23-52)53-24-10-5-11-25-53)54-40-38-51(39-41-54)70-69(50-36-34-49(35-37-50)48-20-6-3-7-21-48)61-28-12-13-29-62(61)72-71(70)63-30-16-19-33-68(63)76-72/h3-47H,1-2H3. The second kappa shape index (κ2) is 17.0. The lowest BCUT2D eigenvalue weighted by Gasteiger charge is -2.35. The third-order valence-corrected chi connectivity index (χ3v) is 16.8. The van der Waals surface area contributed by atoms with E-state index in [0.29, 0.717) is 0 Å². The first-order valence-electron chi connectivity index (χ1n) is 26.5. The lowest BCUT2D eigenvalue weighted by Crippen LogP contribution is -2.28. The number of fused-ring (bicyclic) bond motifs is 11. The molecule has 1 heterocycles. The second-order valence-corrected chi connectivity index (χ2v) is 21.1. The van der Waals surface area contributed by atoms with Gasteiger partial charge in [-0.15, -0.1) is 0 Å². The number of para-hydroxylation sites is 1. The predicted molar refractivity (Wildman–Crippen MR) is 317 cm³/mol. The molecule has 13 aromatic rings. The van der Waals surface area contributed by atoms with E-state index >= 15 is 0 Å². The lowest BCUT2D eigenvalue weighted by molar-refractivity contribution is 0.660. The molecule has 0 unspecified atom stereocenters. The summed E-state index contributed by atoms with van der Waals surface area (Å²) in [6.07, 6.45) is 0. The molecule has 1 aromatic heterocycles. The van der Waals surface area contributed by atoms with Gasteiger partial charge in [-0.1, -0.05) is 244 Å². The van der Waals surface area contributed by atoms with Crippen LogP contribution >= 0.6 is 0 Å². The van der Waals surface area contributed by atoms with Gasteiger partial charge in [-0.3, -0.25) is 0 Å². The molecule has 0 fully saturated rings. The van der Waals surface area contributed by atoms with Gasteiger partial charge in [0.05, 0.1) is 5.41 Å². The monoisotopic (exact) mass is 969 g/mol. The van der Waals surface area contributed by atoms with Crippen molar-refractivity contribution in [3.05, 3.63) is 306 Å². The molecule has 0 bridgehead atoms. The largest absolute Gasteiger partial charge is 0.455 e. The molecule has 2 aliphatic rings. The van der Waals surface area contributed by atoms with Crippen molar-refractivity contribution in [1.29, 1.82) is 0 Å². The SMILES string of the molecule is CC1(C)c2ccccc2-c2ccc(N(c3ccc(-c4c(-c5ccc(-c6ccccc6)cc5)c5ccccc5c5oc6ccccc6c45)cc3)c3ccc4c(c3)C(c3ccccc3)(c3ccccc3)c3ccccc3-4)cc21. The zero-order valence-electron chi connectivity index (χ0n) is 42.3. The maximum absolute atomic E-state index is 6.88. The molecule has 0 aliphatic heterocycles. The average molecular weight is 970 g/mol. The molecule has 2 aliphatic carbocycles. The van der Waals surface area contributed by atoms with Gasteiger partial charge in [0.25, 0.3) is 0 Å². The molecule has 0 saturated heterocycles. The number of hydrogen-bond acceptors (Lipinski definition) is 2. The van der Waals surface area contributed by atoms with E-state index in [1.807, 2.05) is 0 Å². The van der Waals surface area contributed by atoms with Gasteiger partial charge < -0.3 is 9.32 Å². The highest BCUT2D eigenvalue weighted by molar-refractivity contribution is 6.26. The van der Waals surface area contributed by atoms with E-state index in [4.69, 9.17) is 4.42 Å². The minimum absolute atomic E-state index is 0.183. The summed E-state index contributed by atoms with van der Waals surface area (Å²) in [6.45, 7) is 4.75. The Morgan fingerprint density at radius 3 is 1.43 bits per heavy atom. The summed E-state index contributed by atoms with van der Waals surface area (Å²) < 4.78 is 6.88. The minimum Gasteiger partial charge on any atom is -0.455 e. The molecule has 0 saturated carbocycles. The smallest absolute Gasteiger partial charge is 0.143 e. The van der Waals surface area contributed by atoms with Crippen molar-refractivity contribution in [1.82, 2.24) is 0 Å². The van der Waals surface area contributed by atoms with Gasteiger partial charge in [-0.2, -0.15) is 0 Å². The molecular formula is C74H51NO. The lowest BCUT2D eigenvalue weighted by atomic mass is 9.67. The number of anilines is 3. The van der Waals surface area contributed by atoms with Gasteiger partial charge in [0.1, 0.15) is 11.2 Å². The molecule has 0 amide bonds. The van der Waals surface area contributed by atoms with Crippen LogP contribution in [0.5, 0.6) is 0 Å². The highest BCUT2D eigenvalue weighted by atomic mass is 16.3. The summed E-state index contributed by atoms with van der Waals surface area (Å²) in [5.74, 6) is 0. The third-order valence-electron chi connectivity index (χ3n) is 16.8. The number of benzene rings is 12. The maximum atomic E-state index is 6.88. The number of rotatable bonds is 8. The Morgan fingerprint density at radius 1 is 0.316 bits per heavy atom. The van der Waals surface area contributed by atoms with Gasteiger partial charge in [0, 0.05) is 44.2 Å². The first-order chi connectivity index (χ1) is 37.5. The number of nitrogens with zero attached hydrogens (tertiary/aromatic N) is 1. The normalized spacial score (nSPS) is 13.6. The van der Waals surface area contributed by atoms with Crippen molar-refractivity contribution in [2.75, 3.05) is 4.90 Å². The Kier molecular flexibility index (Phi) is 9.86. The molecule has 2 heteroatoms. The Bertz CT molecular complexity index is 4360. The molecule has 12 aromatic carbocycles. The van der Waals surface area contributed by atoms with Crippen LogP contribution in [-0.2, 0) is 10.8 Å². The quantitative estimate of drug-likeness (QED) is 0.151.